The second-order valence-corrected chi connectivity index (χ2v) is 13.0. The van der Waals surface area contributed by atoms with Crippen molar-refractivity contribution in [1.82, 2.24) is 0 Å². The molecule has 1 aliphatic carbocycles. The summed E-state index contributed by atoms with van der Waals surface area (Å²) in [6.45, 7) is 7.15. The van der Waals surface area contributed by atoms with E-state index in [1.165, 1.54) is 28.8 Å². The highest BCUT2D eigenvalue weighted by atomic mass is 31.2. The number of hydrogen-bond donors (Lipinski definition) is 0. The lowest BCUT2D eigenvalue weighted by Crippen LogP contribution is -2.37. The zero-order valence-corrected chi connectivity index (χ0v) is 21.5. The first kappa shape index (κ1) is 27.4. The summed E-state index contributed by atoms with van der Waals surface area (Å²) in [5.74, 6) is 0.787. The van der Waals surface area contributed by atoms with Crippen LogP contribution in [0.4, 0.5) is 17.3 Å². The number of halogens is 4. The third-order valence-corrected chi connectivity index (χ3v) is 10.3. The van der Waals surface area contributed by atoms with Crippen LogP contribution in [0.15, 0.2) is 91.0 Å². The molecule has 7 heteroatoms. The predicted molar refractivity (Wildman–Crippen MR) is 142 cm³/mol. The third kappa shape index (κ3) is 7.66. The van der Waals surface area contributed by atoms with Crippen molar-refractivity contribution in [1.29, 1.82) is 0 Å². The Morgan fingerprint density at radius 3 is 1.23 bits per heavy atom. The van der Waals surface area contributed by atoms with Crippen molar-refractivity contribution in [2.45, 2.75) is 52.6 Å². The largest absolute Gasteiger partial charge is 0.673 e. The number of rotatable bonds is 5. The Labute approximate surface area is 207 Å². The molecule has 4 rings (SSSR count). The van der Waals surface area contributed by atoms with Crippen LogP contribution in [0.2, 0.25) is 0 Å². The average Bonchev–Trinajstić information content (AvgIpc) is 2.83. The second-order valence-electron chi connectivity index (χ2n) is 10.1. The smallest absolute Gasteiger partial charge is 0.418 e. The van der Waals surface area contributed by atoms with Gasteiger partial charge in [-0.05, 0) is 73.4 Å². The van der Waals surface area contributed by atoms with Gasteiger partial charge in [-0.3, -0.25) is 0 Å². The summed E-state index contributed by atoms with van der Waals surface area (Å²) in [5.41, 5.74) is 0.384. The average molecular weight is 504 g/mol. The Hall–Kier alpha value is -2.17. The lowest BCUT2D eigenvalue weighted by atomic mass is 9.72. The molecule has 0 radical (unpaired) electrons. The maximum absolute atomic E-state index is 9.75. The highest BCUT2D eigenvalue weighted by molar-refractivity contribution is 7.91. The first-order valence-corrected chi connectivity index (χ1v) is 13.8. The van der Waals surface area contributed by atoms with Crippen LogP contribution in [0.3, 0.4) is 0 Å². The Morgan fingerprint density at radius 2 is 0.943 bits per heavy atom. The maximum Gasteiger partial charge on any atom is 0.673 e. The number of benzene rings is 3. The summed E-state index contributed by atoms with van der Waals surface area (Å²) in [6.07, 6.45) is 5.11. The van der Waals surface area contributed by atoms with Crippen LogP contribution >= 0.6 is 7.49 Å². The molecular weight excluding hydrogens is 470 g/mol. The van der Waals surface area contributed by atoms with Crippen LogP contribution < -0.4 is 15.9 Å². The van der Waals surface area contributed by atoms with Crippen molar-refractivity contribution in [2.75, 3.05) is 0 Å². The molecule has 1 fully saturated rings. The van der Waals surface area contributed by atoms with E-state index >= 15 is 0 Å². The standard InChI is InChI=1S/C28H34OP.BF4/c1-28(2,3)23-19-21-24(22-20-23)29-30(25-13-7-4-8-14-25,26-15-9-5-10-16-26)27-17-11-6-12-18-27;2-1(3,4)5/h4-18,23-24H,19-22H2,1-3H3;/q+1;-1. The van der Waals surface area contributed by atoms with E-state index in [9.17, 15) is 17.3 Å². The molecule has 35 heavy (non-hydrogen) atoms. The highest BCUT2D eigenvalue weighted by Crippen LogP contribution is 2.58. The van der Waals surface area contributed by atoms with Gasteiger partial charge in [-0.25, -0.2) is 4.52 Å². The second kappa shape index (κ2) is 11.7. The minimum absolute atomic E-state index is 0.303. The molecule has 0 unspecified atom stereocenters. The Bertz CT molecular complexity index is 913. The zero-order chi connectivity index (χ0) is 25.5. The third-order valence-electron chi connectivity index (χ3n) is 6.57. The molecule has 188 valence electrons. The monoisotopic (exact) mass is 504 g/mol. The van der Waals surface area contributed by atoms with Gasteiger partial charge in [0.25, 0.3) is 0 Å². The van der Waals surface area contributed by atoms with Crippen molar-refractivity contribution in [2.24, 2.45) is 11.3 Å². The molecule has 0 N–H and O–H groups in total. The van der Waals surface area contributed by atoms with Gasteiger partial charge >= 0.3 is 7.25 Å². The molecular formula is C28H34BF4OP. The van der Waals surface area contributed by atoms with E-state index in [-0.39, 0.29) is 0 Å². The molecule has 0 aliphatic heterocycles. The van der Waals surface area contributed by atoms with Gasteiger partial charge in [0.2, 0.25) is 7.49 Å². The van der Waals surface area contributed by atoms with Crippen LogP contribution in [0.5, 0.6) is 0 Å². The van der Waals surface area contributed by atoms with Crippen LogP contribution in [0.1, 0.15) is 46.5 Å². The van der Waals surface area contributed by atoms with Crippen molar-refractivity contribution in [3.05, 3.63) is 91.0 Å². The molecule has 3 aromatic rings. The van der Waals surface area contributed by atoms with E-state index in [1.54, 1.807) is 0 Å². The molecule has 0 aromatic heterocycles. The Balaban J connectivity index is 0.000000623. The molecule has 0 spiro atoms. The van der Waals surface area contributed by atoms with Gasteiger partial charge in [-0.2, -0.15) is 0 Å². The Kier molecular flexibility index (Phi) is 9.18. The van der Waals surface area contributed by atoms with Crippen LogP contribution in [-0.4, -0.2) is 13.4 Å². The van der Waals surface area contributed by atoms with Crippen molar-refractivity contribution in [3.8, 4) is 0 Å². The van der Waals surface area contributed by atoms with Crippen LogP contribution in [-0.2, 0) is 4.52 Å². The fraction of sp³-hybridized carbons (Fsp3) is 0.357. The van der Waals surface area contributed by atoms with E-state index in [0.29, 0.717) is 11.5 Å². The molecule has 0 heterocycles. The van der Waals surface area contributed by atoms with Crippen molar-refractivity contribution in [3.63, 3.8) is 0 Å². The fourth-order valence-electron chi connectivity index (χ4n) is 4.80. The van der Waals surface area contributed by atoms with Gasteiger partial charge in [0.15, 0.2) is 0 Å². The summed E-state index contributed by atoms with van der Waals surface area (Å²) >= 11 is 0. The molecule has 0 atom stereocenters. The predicted octanol–water partition coefficient (Wildman–Crippen LogP) is 7.82. The topological polar surface area (TPSA) is 9.23 Å². The van der Waals surface area contributed by atoms with E-state index in [4.69, 9.17) is 4.52 Å². The number of hydrogen-bond acceptors (Lipinski definition) is 1. The zero-order valence-electron chi connectivity index (χ0n) is 20.6. The lowest BCUT2D eigenvalue weighted by molar-refractivity contribution is 0.0966. The molecule has 1 nitrogen and oxygen atoms in total. The van der Waals surface area contributed by atoms with E-state index in [1.807, 2.05) is 0 Å². The first-order chi connectivity index (χ1) is 16.5. The summed E-state index contributed by atoms with van der Waals surface area (Å²) in [5, 5.41) is 3.92. The van der Waals surface area contributed by atoms with Gasteiger partial charge < -0.3 is 17.3 Å². The van der Waals surface area contributed by atoms with Crippen molar-refractivity contribution >= 4 is 30.7 Å². The van der Waals surface area contributed by atoms with Crippen LogP contribution in [0, 0.1) is 11.3 Å². The highest BCUT2D eigenvalue weighted by Gasteiger charge is 2.50. The van der Waals surface area contributed by atoms with Gasteiger partial charge in [-0.1, -0.05) is 75.4 Å². The molecule has 1 aliphatic rings. The lowest BCUT2D eigenvalue weighted by Gasteiger charge is -2.38. The van der Waals surface area contributed by atoms with E-state index in [2.05, 4.69) is 112 Å². The van der Waals surface area contributed by atoms with Gasteiger partial charge in [0.05, 0.1) is 0 Å². The van der Waals surface area contributed by atoms with Crippen molar-refractivity contribution < 1.29 is 21.8 Å². The quantitative estimate of drug-likeness (QED) is 0.196. The molecule has 0 bridgehead atoms. The SMILES string of the molecule is CC(C)(C)C1CCC(O[P+](c2ccccc2)(c2ccccc2)c2ccccc2)CC1.F[B-](F)(F)F. The van der Waals surface area contributed by atoms with E-state index in [0.717, 1.165) is 18.8 Å². The summed E-state index contributed by atoms with van der Waals surface area (Å²) in [4.78, 5) is 0. The van der Waals surface area contributed by atoms with Crippen LogP contribution in [0.25, 0.3) is 0 Å². The normalized spacial score (nSPS) is 18.9. The molecule has 3 aromatic carbocycles. The van der Waals surface area contributed by atoms with Gasteiger partial charge in [0.1, 0.15) is 22.0 Å². The summed E-state index contributed by atoms with van der Waals surface area (Å²) in [7, 11) is -8.18. The minimum Gasteiger partial charge on any atom is -0.418 e. The maximum atomic E-state index is 9.75. The molecule has 1 saturated carbocycles. The van der Waals surface area contributed by atoms with Gasteiger partial charge in [0, 0.05) is 0 Å². The fourth-order valence-corrected chi connectivity index (χ4v) is 8.50. The molecule has 0 saturated heterocycles. The summed E-state index contributed by atoms with van der Waals surface area (Å²) < 4.78 is 46.3. The Morgan fingerprint density at radius 1 is 0.629 bits per heavy atom. The minimum atomic E-state index is -6.00. The van der Waals surface area contributed by atoms with Gasteiger partial charge in [-0.15, -0.1) is 0 Å². The molecule has 0 amide bonds. The van der Waals surface area contributed by atoms with E-state index < -0.39 is 14.7 Å². The summed E-state index contributed by atoms with van der Waals surface area (Å²) in [6, 6.07) is 32.7. The first-order valence-electron chi connectivity index (χ1n) is 12.1.